The molecule has 2 bridgehead atoms. The van der Waals surface area contributed by atoms with Crippen LogP contribution in [0.1, 0.15) is 40.8 Å². The monoisotopic (exact) mass is 365 g/mol. The predicted molar refractivity (Wildman–Crippen MR) is 113 cm³/mol. The molecule has 2 fully saturated rings. The molecule has 3 aliphatic rings. The van der Waals surface area contributed by atoms with Crippen LogP contribution in [0, 0.1) is 5.92 Å². The van der Waals surface area contributed by atoms with E-state index in [0.29, 0.717) is 5.92 Å². The van der Waals surface area contributed by atoms with Crippen LogP contribution in [0.25, 0.3) is 12.2 Å². The molecule has 1 aliphatic carbocycles. The maximum absolute atomic E-state index is 4.74. The lowest BCUT2D eigenvalue weighted by Crippen LogP contribution is -2.57. The van der Waals surface area contributed by atoms with Crippen molar-refractivity contribution in [2.75, 3.05) is 13.1 Å². The second-order valence-corrected chi connectivity index (χ2v) is 8.62. The zero-order chi connectivity index (χ0) is 18.6. The Labute approximate surface area is 166 Å². The van der Waals surface area contributed by atoms with Crippen molar-refractivity contribution in [3.05, 3.63) is 101 Å². The zero-order valence-corrected chi connectivity index (χ0v) is 16.1. The van der Waals surface area contributed by atoms with Crippen molar-refractivity contribution in [3.63, 3.8) is 0 Å². The third-order valence-electron chi connectivity index (χ3n) is 7.53. The van der Waals surface area contributed by atoms with Crippen LogP contribution in [0.15, 0.2) is 72.9 Å². The van der Waals surface area contributed by atoms with Crippen molar-refractivity contribution >= 4 is 12.2 Å². The van der Waals surface area contributed by atoms with E-state index in [4.69, 9.17) is 4.98 Å². The third-order valence-corrected chi connectivity index (χ3v) is 7.53. The first kappa shape index (κ1) is 16.3. The molecule has 0 unspecified atom stereocenters. The van der Waals surface area contributed by atoms with Gasteiger partial charge in [-0.3, -0.25) is 4.98 Å². The first-order valence-electron chi connectivity index (χ1n) is 10.5. The Hall–Kier alpha value is -2.71. The van der Waals surface area contributed by atoms with Gasteiger partial charge in [-0.25, -0.2) is 0 Å². The summed E-state index contributed by atoms with van der Waals surface area (Å²) in [5, 5.41) is 0. The van der Waals surface area contributed by atoms with Gasteiger partial charge in [0.2, 0.25) is 0 Å². The number of hydrogen-bond acceptors (Lipinski definition) is 1. The van der Waals surface area contributed by atoms with E-state index in [1.165, 1.54) is 53.9 Å². The number of benzene rings is 2. The third kappa shape index (κ3) is 1.99. The molecule has 0 atom stereocenters. The van der Waals surface area contributed by atoms with Gasteiger partial charge < -0.3 is 4.48 Å². The zero-order valence-electron chi connectivity index (χ0n) is 16.1. The molecule has 3 heterocycles. The Morgan fingerprint density at radius 3 is 2.00 bits per heavy atom. The highest BCUT2D eigenvalue weighted by Crippen LogP contribution is 2.62. The SMILES string of the molecule is C1=Cc2ccccc2C2(c3ccccc31)C1CC[N+]2(Cc2ccccn2)CC1. The maximum Gasteiger partial charge on any atom is 0.155 e. The van der Waals surface area contributed by atoms with Gasteiger partial charge in [-0.2, -0.15) is 0 Å². The van der Waals surface area contributed by atoms with Crippen molar-refractivity contribution in [2.45, 2.75) is 24.9 Å². The van der Waals surface area contributed by atoms with E-state index in [2.05, 4.69) is 72.8 Å². The molecule has 0 radical (unpaired) electrons. The Balaban J connectivity index is 1.66. The van der Waals surface area contributed by atoms with Crippen molar-refractivity contribution in [3.8, 4) is 0 Å². The van der Waals surface area contributed by atoms with E-state index in [9.17, 15) is 0 Å². The van der Waals surface area contributed by atoms with E-state index in [-0.39, 0.29) is 5.54 Å². The second kappa shape index (κ2) is 5.89. The molecule has 2 saturated heterocycles. The number of aromatic nitrogens is 1. The highest BCUT2D eigenvalue weighted by Gasteiger charge is 2.68. The first-order valence-corrected chi connectivity index (χ1v) is 10.5. The first-order chi connectivity index (χ1) is 13.8. The van der Waals surface area contributed by atoms with Crippen LogP contribution in [-0.4, -0.2) is 22.6 Å². The number of fused-ring (bicyclic) bond motifs is 2. The molecule has 1 spiro atoms. The highest BCUT2D eigenvalue weighted by atomic mass is 15.5. The minimum atomic E-state index is 0.0359. The number of quaternary nitrogens is 1. The predicted octanol–water partition coefficient (Wildman–Crippen LogP) is 5.25. The average molecular weight is 366 g/mol. The standard InChI is InChI=1S/C26H25N2/c1-3-10-24-20(7-1)12-13-21-8-2-4-11-25(21)26(24)22-14-17-28(26,18-15-22)19-23-9-5-6-16-27-23/h1-13,16,22H,14-15,17-19H2/q+1. The molecule has 2 aromatic carbocycles. The average Bonchev–Trinajstić information content (AvgIpc) is 3.16. The lowest BCUT2D eigenvalue weighted by molar-refractivity contribution is -0.969. The quantitative estimate of drug-likeness (QED) is 0.565. The van der Waals surface area contributed by atoms with Crippen LogP contribution in [0.2, 0.25) is 0 Å². The summed E-state index contributed by atoms with van der Waals surface area (Å²) >= 11 is 0. The smallest absolute Gasteiger partial charge is 0.155 e. The minimum Gasteiger partial charge on any atom is -0.306 e. The highest BCUT2D eigenvalue weighted by molar-refractivity contribution is 5.77. The van der Waals surface area contributed by atoms with Gasteiger partial charge in [-0.15, -0.1) is 0 Å². The molecule has 2 aliphatic heterocycles. The summed E-state index contributed by atoms with van der Waals surface area (Å²) in [6.07, 6.45) is 9.21. The van der Waals surface area contributed by atoms with Gasteiger partial charge in [0.1, 0.15) is 6.54 Å². The molecule has 3 aromatic rings. The number of nitrogens with zero attached hydrogens (tertiary/aromatic N) is 2. The molecule has 6 rings (SSSR count). The number of rotatable bonds is 2. The molecular formula is C26H25N2+. The van der Waals surface area contributed by atoms with Gasteiger partial charge in [-0.1, -0.05) is 66.7 Å². The fraction of sp³-hybridized carbons (Fsp3) is 0.269. The van der Waals surface area contributed by atoms with Gasteiger partial charge in [0.15, 0.2) is 5.54 Å². The summed E-state index contributed by atoms with van der Waals surface area (Å²) in [6, 6.07) is 24.6. The number of pyridine rings is 1. The molecule has 28 heavy (non-hydrogen) atoms. The largest absolute Gasteiger partial charge is 0.306 e. The lowest BCUT2D eigenvalue weighted by atomic mass is 9.72. The van der Waals surface area contributed by atoms with Gasteiger partial charge in [-0.05, 0) is 23.3 Å². The lowest BCUT2D eigenvalue weighted by Gasteiger charge is -2.47. The number of hydrogen-bond donors (Lipinski definition) is 0. The van der Waals surface area contributed by atoms with E-state index in [1.807, 2.05) is 12.3 Å². The molecule has 0 amide bonds. The fourth-order valence-corrected chi connectivity index (χ4v) is 6.56. The van der Waals surface area contributed by atoms with Crippen LogP contribution in [0.5, 0.6) is 0 Å². The van der Waals surface area contributed by atoms with Crippen molar-refractivity contribution in [1.82, 2.24) is 4.98 Å². The van der Waals surface area contributed by atoms with Gasteiger partial charge >= 0.3 is 0 Å². The van der Waals surface area contributed by atoms with Crippen LogP contribution in [0.3, 0.4) is 0 Å². The summed E-state index contributed by atoms with van der Waals surface area (Å²) in [4.78, 5) is 4.74. The fourth-order valence-electron chi connectivity index (χ4n) is 6.56. The molecular weight excluding hydrogens is 340 g/mol. The maximum atomic E-state index is 4.74. The Kier molecular flexibility index (Phi) is 3.42. The van der Waals surface area contributed by atoms with Gasteiger partial charge in [0, 0.05) is 36.1 Å². The Bertz CT molecular complexity index is 1010. The van der Waals surface area contributed by atoms with Crippen LogP contribution >= 0.6 is 0 Å². The summed E-state index contributed by atoms with van der Waals surface area (Å²) in [5.41, 5.74) is 7.07. The van der Waals surface area contributed by atoms with Crippen LogP contribution in [0.4, 0.5) is 0 Å². The summed E-state index contributed by atoms with van der Waals surface area (Å²) in [7, 11) is 0. The van der Waals surface area contributed by atoms with Crippen molar-refractivity contribution < 1.29 is 4.48 Å². The molecule has 138 valence electrons. The second-order valence-electron chi connectivity index (χ2n) is 8.62. The van der Waals surface area contributed by atoms with Crippen LogP contribution < -0.4 is 0 Å². The Morgan fingerprint density at radius 2 is 1.39 bits per heavy atom. The van der Waals surface area contributed by atoms with Gasteiger partial charge in [0.25, 0.3) is 0 Å². The van der Waals surface area contributed by atoms with Crippen molar-refractivity contribution in [2.24, 2.45) is 5.92 Å². The minimum absolute atomic E-state index is 0.0359. The molecule has 0 saturated carbocycles. The normalized spacial score (nSPS) is 26.1. The van der Waals surface area contributed by atoms with E-state index >= 15 is 0 Å². The Morgan fingerprint density at radius 1 is 0.786 bits per heavy atom. The summed E-state index contributed by atoms with van der Waals surface area (Å²) < 4.78 is 1.12. The van der Waals surface area contributed by atoms with E-state index in [0.717, 1.165) is 11.0 Å². The van der Waals surface area contributed by atoms with Crippen LogP contribution in [-0.2, 0) is 12.1 Å². The molecule has 0 N–H and O–H groups in total. The van der Waals surface area contributed by atoms with E-state index < -0.39 is 0 Å². The van der Waals surface area contributed by atoms with Crippen molar-refractivity contribution in [1.29, 1.82) is 0 Å². The van der Waals surface area contributed by atoms with E-state index in [1.54, 1.807) is 0 Å². The molecule has 2 nitrogen and oxygen atoms in total. The topological polar surface area (TPSA) is 12.9 Å². The molecule has 2 heteroatoms. The molecule has 1 aromatic heterocycles. The number of piperidine rings is 1. The summed E-state index contributed by atoms with van der Waals surface area (Å²) in [5.74, 6) is 0.693. The van der Waals surface area contributed by atoms with Gasteiger partial charge in [0.05, 0.1) is 18.8 Å². The summed E-state index contributed by atoms with van der Waals surface area (Å²) in [6.45, 7) is 3.49.